The zero-order chi connectivity index (χ0) is 25.6. The number of aliphatic hydroxyl groups excluding tert-OH is 1. The van der Waals surface area contributed by atoms with Crippen molar-refractivity contribution in [2.45, 2.75) is 71.3 Å². The molecule has 35 heavy (non-hydrogen) atoms. The molecule has 1 unspecified atom stereocenters. The minimum atomic E-state index is -0.972. The summed E-state index contributed by atoms with van der Waals surface area (Å²) in [5, 5.41) is 11.0. The van der Waals surface area contributed by atoms with Crippen LogP contribution in [0.5, 0.6) is 5.75 Å². The van der Waals surface area contributed by atoms with Gasteiger partial charge in [0, 0.05) is 17.7 Å². The van der Waals surface area contributed by atoms with Gasteiger partial charge in [0.05, 0.1) is 18.8 Å². The number of hydrogen-bond acceptors (Lipinski definition) is 5. The van der Waals surface area contributed by atoms with E-state index >= 15 is 0 Å². The van der Waals surface area contributed by atoms with Crippen molar-refractivity contribution < 1.29 is 24.1 Å². The largest absolute Gasteiger partial charge is 0.491 e. The SMILES string of the molecule is CCOCCOc1cc(C(O)C#Cc2ccc(C(=O)OCC)cc2)cc2c1C(C)(C)CCC2(C)C. The summed E-state index contributed by atoms with van der Waals surface area (Å²) in [6.07, 6.45) is 1.15. The van der Waals surface area contributed by atoms with E-state index < -0.39 is 6.10 Å². The fraction of sp³-hybridized carbons (Fsp3) is 0.500. The van der Waals surface area contributed by atoms with Crippen LogP contribution in [0.4, 0.5) is 0 Å². The lowest BCUT2D eigenvalue weighted by Gasteiger charge is -2.43. The number of esters is 1. The van der Waals surface area contributed by atoms with E-state index in [0.717, 1.165) is 24.2 Å². The second-order valence-corrected chi connectivity index (χ2v) is 10.2. The summed E-state index contributed by atoms with van der Waals surface area (Å²) in [5.41, 5.74) is 4.27. The summed E-state index contributed by atoms with van der Waals surface area (Å²) >= 11 is 0. The molecule has 0 amide bonds. The Morgan fingerprint density at radius 2 is 1.69 bits per heavy atom. The Hall–Kier alpha value is -2.81. The zero-order valence-electron chi connectivity index (χ0n) is 21.9. The molecule has 0 radical (unpaired) electrons. The van der Waals surface area contributed by atoms with Gasteiger partial charge < -0.3 is 19.3 Å². The van der Waals surface area contributed by atoms with Crippen molar-refractivity contribution in [3.63, 3.8) is 0 Å². The van der Waals surface area contributed by atoms with Gasteiger partial charge in [-0.1, -0.05) is 45.6 Å². The Morgan fingerprint density at radius 1 is 1.00 bits per heavy atom. The normalized spacial score (nSPS) is 16.4. The first-order valence-electron chi connectivity index (χ1n) is 12.5. The van der Waals surface area contributed by atoms with Crippen molar-refractivity contribution in [1.82, 2.24) is 0 Å². The van der Waals surface area contributed by atoms with E-state index in [1.165, 1.54) is 11.1 Å². The average molecular weight is 479 g/mol. The van der Waals surface area contributed by atoms with Crippen LogP contribution >= 0.6 is 0 Å². The van der Waals surface area contributed by atoms with Crippen molar-refractivity contribution >= 4 is 5.97 Å². The number of carbonyl (C=O) groups is 1. The maximum absolute atomic E-state index is 11.8. The van der Waals surface area contributed by atoms with Gasteiger partial charge in [0.25, 0.3) is 0 Å². The Labute approximate surface area is 209 Å². The lowest BCUT2D eigenvalue weighted by Crippen LogP contribution is -2.34. The van der Waals surface area contributed by atoms with Crippen LogP contribution in [0, 0.1) is 11.8 Å². The van der Waals surface area contributed by atoms with Gasteiger partial charge in [-0.2, -0.15) is 0 Å². The molecule has 5 heteroatoms. The summed E-state index contributed by atoms with van der Waals surface area (Å²) in [5.74, 6) is 6.42. The van der Waals surface area contributed by atoms with Gasteiger partial charge in [0.15, 0.2) is 0 Å². The molecule has 0 fully saturated rings. The van der Waals surface area contributed by atoms with Crippen LogP contribution in [-0.2, 0) is 20.3 Å². The van der Waals surface area contributed by atoms with Crippen molar-refractivity contribution in [2.24, 2.45) is 0 Å². The van der Waals surface area contributed by atoms with Crippen molar-refractivity contribution in [2.75, 3.05) is 26.4 Å². The van der Waals surface area contributed by atoms with E-state index in [-0.39, 0.29) is 16.8 Å². The number of rotatable bonds is 8. The molecule has 0 saturated heterocycles. The first-order valence-corrected chi connectivity index (χ1v) is 12.5. The van der Waals surface area contributed by atoms with E-state index in [2.05, 4.69) is 45.6 Å². The highest BCUT2D eigenvalue weighted by Gasteiger charge is 2.40. The maximum atomic E-state index is 11.8. The van der Waals surface area contributed by atoms with Crippen molar-refractivity contribution in [3.8, 4) is 17.6 Å². The Bertz CT molecular complexity index is 1090. The first-order chi connectivity index (χ1) is 16.6. The van der Waals surface area contributed by atoms with Gasteiger partial charge in [0.1, 0.15) is 18.5 Å². The van der Waals surface area contributed by atoms with Crippen molar-refractivity contribution in [3.05, 3.63) is 64.2 Å². The topological polar surface area (TPSA) is 65.0 Å². The molecule has 1 N–H and O–H groups in total. The van der Waals surface area contributed by atoms with Gasteiger partial charge in [-0.25, -0.2) is 4.79 Å². The summed E-state index contributed by atoms with van der Waals surface area (Å²) in [6, 6.07) is 10.9. The number of benzene rings is 2. The van der Waals surface area contributed by atoms with Crippen LogP contribution in [0.3, 0.4) is 0 Å². The number of fused-ring (bicyclic) bond motifs is 1. The van der Waals surface area contributed by atoms with Crippen LogP contribution in [0.1, 0.15) is 93.1 Å². The van der Waals surface area contributed by atoms with Gasteiger partial charge in [-0.3, -0.25) is 0 Å². The lowest BCUT2D eigenvalue weighted by molar-refractivity contribution is 0.0526. The second kappa shape index (κ2) is 11.3. The number of ether oxygens (including phenoxy) is 3. The molecule has 1 aliphatic carbocycles. The highest BCUT2D eigenvalue weighted by molar-refractivity contribution is 5.89. The Morgan fingerprint density at radius 3 is 2.34 bits per heavy atom. The molecule has 3 rings (SSSR count). The molecule has 0 saturated carbocycles. The van der Waals surface area contributed by atoms with Gasteiger partial charge >= 0.3 is 5.97 Å². The summed E-state index contributed by atoms with van der Waals surface area (Å²) in [4.78, 5) is 11.8. The third kappa shape index (κ3) is 6.45. The fourth-order valence-electron chi connectivity index (χ4n) is 4.52. The molecule has 0 aliphatic heterocycles. The summed E-state index contributed by atoms with van der Waals surface area (Å²) in [6.45, 7) is 14.7. The first kappa shape index (κ1) is 26.8. The predicted octanol–water partition coefficient (Wildman–Crippen LogP) is 5.71. The van der Waals surface area contributed by atoms with Crippen LogP contribution < -0.4 is 4.74 Å². The molecule has 1 atom stereocenters. The quantitative estimate of drug-likeness (QED) is 0.299. The monoisotopic (exact) mass is 478 g/mol. The molecular formula is C30H38O5. The van der Waals surface area contributed by atoms with Crippen LogP contribution in [0.15, 0.2) is 36.4 Å². The van der Waals surface area contributed by atoms with E-state index in [1.807, 2.05) is 13.0 Å². The second-order valence-electron chi connectivity index (χ2n) is 10.2. The number of hydrogen-bond donors (Lipinski definition) is 1. The molecule has 0 heterocycles. The molecule has 2 aromatic carbocycles. The molecule has 188 valence electrons. The lowest BCUT2D eigenvalue weighted by atomic mass is 9.62. The minimum absolute atomic E-state index is 0.0262. The van der Waals surface area contributed by atoms with Crippen LogP contribution in [0.25, 0.3) is 0 Å². The number of aliphatic hydroxyl groups is 1. The summed E-state index contributed by atoms with van der Waals surface area (Å²) < 4.78 is 16.7. The number of carbonyl (C=O) groups excluding carboxylic acids is 1. The molecular weight excluding hydrogens is 440 g/mol. The minimum Gasteiger partial charge on any atom is -0.491 e. The van der Waals surface area contributed by atoms with E-state index in [0.29, 0.717) is 37.6 Å². The third-order valence-corrected chi connectivity index (χ3v) is 6.66. The van der Waals surface area contributed by atoms with E-state index in [1.54, 1.807) is 31.2 Å². The van der Waals surface area contributed by atoms with Gasteiger partial charge in [-0.05, 0) is 79.0 Å². The molecule has 0 aromatic heterocycles. The van der Waals surface area contributed by atoms with E-state index in [4.69, 9.17) is 14.2 Å². The standard InChI is InChI=1S/C30H38O5/c1-7-33-17-18-35-26-20-23(19-24-27(26)30(5,6)16-15-29(24,3)4)25(31)14-11-21-9-12-22(13-10-21)28(32)34-8-2/h9-10,12-13,19-20,25,31H,7-8,15-18H2,1-6H3. The van der Waals surface area contributed by atoms with Crippen molar-refractivity contribution in [1.29, 1.82) is 0 Å². The van der Waals surface area contributed by atoms with Crippen LogP contribution in [-0.4, -0.2) is 37.5 Å². The van der Waals surface area contributed by atoms with Gasteiger partial charge in [0.2, 0.25) is 0 Å². The predicted molar refractivity (Wildman–Crippen MR) is 138 cm³/mol. The third-order valence-electron chi connectivity index (χ3n) is 6.66. The summed E-state index contributed by atoms with van der Waals surface area (Å²) in [7, 11) is 0. The smallest absolute Gasteiger partial charge is 0.338 e. The van der Waals surface area contributed by atoms with E-state index in [9.17, 15) is 9.90 Å². The Kier molecular flexibility index (Phi) is 8.64. The molecule has 1 aliphatic rings. The van der Waals surface area contributed by atoms with Gasteiger partial charge in [-0.15, -0.1) is 0 Å². The molecule has 5 nitrogen and oxygen atoms in total. The highest BCUT2D eigenvalue weighted by Crippen LogP contribution is 2.50. The molecule has 0 bridgehead atoms. The molecule has 2 aromatic rings. The maximum Gasteiger partial charge on any atom is 0.338 e. The van der Waals surface area contributed by atoms with Crippen LogP contribution in [0.2, 0.25) is 0 Å². The Balaban J connectivity index is 1.92. The fourth-order valence-corrected chi connectivity index (χ4v) is 4.52. The average Bonchev–Trinajstić information content (AvgIpc) is 2.83. The zero-order valence-corrected chi connectivity index (χ0v) is 21.9. The highest BCUT2D eigenvalue weighted by atomic mass is 16.5. The molecule has 0 spiro atoms.